The van der Waals surface area contributed by atoms with E-state index in [1.807, 2.05) is 0 Å². The minimum atomic E-state index is 0.140. The molecule has 2 aromatic rings. The third-order valence-corrected chi connectivity index (χ3v) is 6.59. The first-order valence-corrected chi connectivity index (χ1v) is 11.7. The van der Waals surface area contributed by atoms with Crippen molar-refractivity contribution in [2.45, 2.75) is 45.7 Å². The summed E-state index contributed by atoms with van der Waals surface area (Å²) in [6, 6.07) is 10.5. The summed E-state index contributed by atoms with van der Waals surface area (Å²) in [6.45, 7) is 7.98. The number of fused-ring (bicyclic) bond motifs is 1. The average Bonchev–Trinajstić information content (AvgIpc) is 3.05. The molecule has 1 aliphatic carbocycles. The molecule has 1 saturated heterocycles. The number of aromatic nitrogens is 2. The first-order chi connectivity index (χ1) is 14.7. The van der Waals surface area contributed by atoms with Gasteiger partial charge in [0.15, 0.2) is 4.77 Å². The molecule has 1 N–H and O–H groups in total. The van der Waals surface area contributed by atoms with E-state index in [1.165, 1.54) is 29.9 Å². The summed E-state index contributed by atoms with van der Waals surface area (Å²) in [5.74, 6) is 0.140. The van der Waals surface area contributed by atoms with Gasteiger partial charge in [0.1, 0.15) is 0 Å². The van der Waals surface area contributed by atoms with Gasteiger partial charge in [0, 0.05) is 49.8 Å². The highest BCUT2D eigenvalue weighted by molar-refractivity contribution is 7.71. The molecular formula is C23H33N5OS. The maximum Gasteiger partial charge on any atom is 0.234 e. The van der Waals surface area contributed by atoms with E-state index in [4.69, 9.17) is 12.2 Å². The van der Waals surface area contributed by atoms with Crippen LogP contribution in [0.2, 0.25) is 0 Å². The Hall–Kier alpha value is -1.96. The number of imidazole rings is 1. The van der Waals surface area contributed by atoms with Gasteiger partial charge in [0.2, 0.25) is 5.91 Å². The van der Waals surface area contributed by atoms with Crippen LogP contribution in [0.25, 0.3) is 5.69 Å². The first kappa shape index (κ1) is 21.3. The molecule has 4 rings (SSSR count). The van der Waals surface area contributed by atoms with Crippen LogP contribution >= 0.6 is 12.2 Å². The minimum Gasteiger partial charge on any atom is -0.355 e. The molecule has 0 saturated carbocycles. The molecule has 0 bridgehead atoms. The van der Waals surface area contributed by atoms with Crippen molar-refractivity contribution >= 4 is 18.1 Å². The molecule has 7 heteroatoms. The summed E-state index contributed by atoms with van der Waals surface area (Å²) in [6.07, 6.45) is 5.66. The van der Waals surface area contributed by atoms with Crippen LogP contribution in [0.5, 0.6) is 0 Å². The van der Waals surface area contributed by atoms with Crippen LogP contribution in [-0.2, 0) is 24.3 Å². The summed E-state index contributed by atoms with van der Waals surface area (Å²) in [4.78, 5) is 16.7. The third-order valence-electron chi connectivity index (χ3n) is 6.19. The van der Waals surface area contributed by atoms with Crippen LogP contribution in [0.3, 0.4) is 0 Å². The number of amides is 1. The number of rotatable bonds is 7. The average molecular weight is 428 g/mol. The molecule has 1 aromatic carbocycles. The molecule has 2 heterocycles. The predicted molar refractivity (Wildman–Crippen MR) is 123 cm³/mol. The molecule has 1 amide bonds. The van der Waals surface area contributed by atoms with Crippen LogP contribution in [0.1, 0.15) is 37.6 Å². The second-order valence-electron chi connectivity index (χ2n) is 8.37. The van der Waals surface area contributed by atoms with Crippen molar-refractivity contribution < 1.29 is 4.79 Å². The van der Waals surface area contributed by atoms with Gasteiger partial charge in [0.25, 0.3) is 0 Å². The van der Waals surface area contributed by atoms with Gasteiger partial charge in [-0.15, -0.1) is 0 Å². The Kier molecular flexibility index (Phi) is 7.02. The van der Waals surface area contributed by atoms with Crippen LogP contribution in [-0.4, -0.2) is 64.1 Å². The van der Waals surface area contributed by atoms with Crippen LogP contribution in [0.4, 0.5) is 0 Å². The van der Waals surface area contributed by atoms with Crippen LogP contribution in [0.15, 0.2) is 30.3 Å². The van der Waals surface area contributed by atoms with E-state index in [0.29, 0.717) is 6.54 Å². The number of hydrogen-bond donors (Lipinski definition) is 1. The van der Waals surface area contributed by atoms with Crippen molar-refractivity contribution in [3.05, 3.63) is 46.5 Å². The molecule has 0 radical (unpaired) electrons. The lowest BCUT2D eigenvalue weighted by molar-refractivity contribution is -0.122. The van der Waals surface area contributed by atoms with Gasteiger partial charge in [-0.05, 0) is 56.5 Å². The fourth-order valence-corrected chi connectivity index (χ4v) is 4.94. The van der Waals surface area contributed by atoms with Gasteiger partial charge in [-0.1, -0.05) is 25.1 Å². The van der Waals surface area contributed by atoms with Crippen molar-refractivity contribution in [3.63, 3.8) is 0 Å². The molecule has 30 heavy (non-hydrogen) atoms. The fourth-order valence-electron chi connectivity index (χ4n) is 4.56. The van der Waals surface area contributed by atoms with E-state index in [1.54, 1.807) is 0 Å². The zero-order valence-corrected chi connectivity index (χ0v) is 18.8. The highest BCUT2D eigenvalue weighted by Gasteiger charge is 2.24. The zero-order chi connectivity index (χ0) is 20.9. The number of para-hydroxylation sites is 1. The van der Waals surface area contributed by atoms with Gasteiger partial charge < -0.3 is 9.88 Å². The largest absolute Gasteiger partial charge is 0.355 e. The first-order valence-electron chi connectivity index (χ1n) is 11.3. The monoisotopic (exact) mass is 427 g/mol. The quantitative estimate of drug-likeness (QED) is 0.690. The summed E-state index contributed by atoms with van der Waals surface area (Å²) < 4.78 is 5.56. The molecule has 0 spiro atoms. The second kappa shape index (κ2) is 9.90. The van der Waals surface area contributed by atoms with Crippen molar-refractivity contribution in [2.24, 2.45) is 0 Å². The Morgan fingerprint density at radius 3 is 2.37 bits per heavy atom. The molecule has 162 valence electrons. The minimum absolute atomic E-state index is 0.140. The molecule has 2 aliphatic rings. The second-order valence-corrected chi connectivity index (χ2v) is 8.73. The number of carbonyl (C=O) groups is 1. The predicted octanol–water partition coefficient (Wildman–Crippen LogP) is 2.99. The number of benzene rings is 1. The number of nitrogens with one attached hydrogen (secondary N) is 1. The maximum atomic E-state index is 12.0. The molecule has 0 unspecified atom stereocenters. The standard InChI is InChI=1S/C23H33N5OS/c1-2-12-24-22(29)17-25-13-15-26(16-14-25)18-27-20-10-6-7-11-21(20)28(23(27)30)19-8-4-3-5-9-19/h3-5,8-9H,2,6-7,10-18H2,1H3,(H,24,29). The zero-order valence-electron chi connectivity index (χ0n) is 18.0. The Labute approximate surface area is 184 Å². The van der Waals surface area contributed by atoms with Crippen molar-refractivity contribution in [1.82, 2.24) is 24.3 Å². The lowest BCUT2D eigenvalue weighted by Gasteiger charge is -2.34. The SMILES string of the molecule is CCCNC(=O)CN1CCN(Cn2c3c(n(-c4ccccc4)c2=S)CCCC3)CC1. The Morgan fingerprint density at radius 1 is 1.00 bits per heavy atom. The van der Waals surface area contributed by atoms with Crippen molar-refractivity contribution in [1.29, 1.82) is 0 Å². The normalized spacial score (nSPS) is 17.6. The molecule has 1 fully saturated rings. The van der Waals surface area contributed by atoms with Crippen LogP contribution < -0.4 is 5.32 Å². The van der Waals surface area contributed by atoms with Gasteiger partial charge in [0.05, 0.1) is 13.2 Å². The number of nitrogens with zero attached hydrogens (tertiary/aromatic N) is 4. The third kappa shape index (κ3) is 4.68. The molecule has 0 atom stereocenters. The van der Waals surface area contributed by atoms with E-state index < -0.39 is 0 Å². The van der Waals surface area contributed by atoms with E-state index in [9.17, 15) is 4.79 Å². The lowest BCUT2D eigenvalue weighted by atomic mass is 10.0. The van der Waals surface area contributed by atoms with Crippen molar-refractivity contribution in [2.75, 3.05) is 39.3 Å². The van der Waals surface area contributed by atoms with Crippen molar-refractivity contribution in [3.8, 4) is 5.69 Å². The van der Waals surface area contributed by atoms with Crippen LogP contribution in [0, 0.1) is 4.77 Å². The van der Waals surface area contributed by atoms with Gasteiger partial charge >= 0.3 is 0 Å². The summed E-state index contributed by atoms with van der Waals surface area (Å²) >= 11 is 5.97. The highest BCUT2D eigenvalue weighted by Crippen LogP contribution is 2.27. The van der Waals surface area contributed by atoms with Gasteiger partial charge in [-0.25, -0.2) is 0 Å². The number of piperazine rings is 1. The topological polar surface area (TPSA) is 45.4 Å². The number of hydrogen-bond acceptors (Lipinski definition) is 4. The molecular weight excluding hydrogens is 394 g/mol. The molecule has 6 nitrogen and oxygen atoms in total. The van der Waals surface area contributed by atoms with E-state index in [0.717, 1.165) is 63.4 Å². The van der Waals surface area contributed by atoms with E-state index >= 15 is 0 Å². The smallest absolute Gasteiger partial charge is 0.234 e. The Morgan fingerprint density at radius 2 is 1.67 bits per heavy atom. The number of carbonyl (C=O) groups excluding carboxylic acids is 1. The Bertz CT molecular complexity index is 912. The van der Waals surface area contributed by atoms with E-state index in [-0.39, 0.29) is 5.91 Å². The summed E-state index contributed by atoms with van der Waals surface area (Å²) in [7, 11) is 0. The molecule has 1 aromatic heterocycles. The lowest BCUT2D eigenvalue weighted by Crippen LogP contribution is -2.49. The highest BCUT2D eigenvalue weighted by atomic mass is 32.1. The van der Waals surface area contributed by atoms with Gasteiger partial charge in [-0.2, -0.15) is 0 Å². The van der Waals surface area contributed by atoms with E-state index in [2.05, 4.69) is 61.5 Å². The molecule has 1 aliphatic heterocycles. The Balaban J connectivity index is 1.45. The van der Waals surface area contributed by atoms with Gasteiger partial charge in [-0.3, -0.25) is 19.2 Å². The fraction of sp³-hybridized carbons (Fsp3) is 0.565. The maximum absolute atomic E-state index is 12.0. The summed E-state index contributed by atoms with van der Waals surface area (Å²) in [5, 5.41) is 2.98. The summed E-state index contributed by atoms with van der Waals surface area (Å²) in [5.41, 5.74) is 3.97.